The molecule has 3 saturated carbocycles. The van der Waals surface area contributed by atoms with Gasteiger partial charge in [0.05, 0.1) is 0 Å². The number of nitrogens with zero attached hydrogens (tertiary/aromatic N) is 1. The van der Waals surface area contributed by atoms with Crippen LogP contribution < -0.4 is 5.32 Å². The maximum Gasteiger partial charge on any atom is 0.0124 e. The highest BCUT2D eigenvalue weighted by atomic mass is 15.1. The summed E-state index contributed by atoms with van der Waals surface area (Å²) in [5.41, 5.74) is 0. The van der Waals surface area contributed by atoms with E-state index in [1.165, 1.54) is 70.9 Å². The lowest BCUT2D eigenvalue weighted by atomic mass is 9.94. The Labute approximate surface area is 113 Å². The molecule has 2 nitrogen and oxygen atoms in total. The zero-order valence-electron chi connectivity index (χ0n) is 12.0. The second-order valence-electron chi connectivity index (χ2n) is 6.93. The van der Waals surface area contributed by atoms with Crippen molar-refractivity contribution in [1.29, 1.82) is 0 Å². The Morgan fingerprint density at radius 2 is 1.56 bits per heavy atom. The van der Waals surface area contributed by atoms with E-state index in [-0.39, 0.29) is 0 Å². The van der Waals surface area contributed by atoms with Crippen LogP contribution in [0.3, 0.4) is 0 Å². The Bertz CT molecular complexity index is 240. The fourth-order valence-electron chi connectivity index (χ4n) is 3.74. The highest BCUT2D eigenvalue weighted by molar-refractivity contribution is 4.96. The van der Waals surface area contributed by atoms with Crippen LogP contribution in [-0.2, 0) is 0 Å². The molecule has 0 spiro atoms. The maximum absolute atomic E-state index is 3.87. The minimum Gasteiger partial charge on any atom is -0.312 e. The summed E-state index contributed by atoms with van der Waals surface area (Å²) in [5, 5.41) is 3.87. The molecule has 0 atom stereocenters. The van der Waals surface area contributed by atoms with Gasteiger partial charge in [-0.2, -0.15) is 0 Å². The summed E-state index contributed by atoms with van der Waals surface area (Å²) in [6, 6.07) is 1.76. The van der Waals surface area contributed by atoms with Crippen molar-refractivity contribution >= 4 is 0 Å². The molecule has 0 aromatic heterocycles. The highest BCUT2D eigenvalue weighted by Crippen LogP contribution is 2.44. The van der Waals surface area contributed by atoms with Gasteiger partial charge in [-0.1, -0.05) is 19.3 Å². The van der Waals surface area contributed by atoms with Crippen molar-refractivity contribution in [2.75, 3.05) is 20.1 Å². The molecule has 0 radical (unpaired) electrons. The van der Waals surface area contributed by atoms with Gasteiger partial charge < -0.3 is 10.2 Å². The second-order valence-corrected chi connectivity index (χ2v) is 6.93. The lowest BCUT2D eigenvalue weighted by molar-refractivity contribution is 0.188. The normalized spacial score (nSPS) is 26.2. The van der Waals surface area contributed by atoms with Gasteiger partial charge in [0, 0.05) is 25.2 Å². The van der Waals surface area contributed by atoms with Gasteiger partial charge in [0.1, 0.15) is 0 Å². The average Bonchev–Trinajstić information content (AvgIpc) is 3.29. The summed E-state index contributed by atoms with van der Waals surface area (Å²) in [6.45, 7) is 2.46. The van der Waals surface area contributed by atoms with Gasteiger partial charge in [0.25, 0.3) is 0 Å². The summed E-state index contributed by atoms with van der Waals surface area (Å²) in [6.07, 6.45) is 13.2. The Morgan fingerprint density at radius 1 is 0.944 bits per heavy atom. The van der Waals surface area contributed by atoms with E-state index in [1.54, 1.807) is 0 Å². The third-order valence-corrected chi connectivity index (χ3v) is 5.30. The van der Waals surface area contributed by atoms with Crippen LogP contribution in [-0.4, -0.2) is 37.1 Å². The van der Waals surface area contributed by atoms with Gasteiger partial charge in [-0.25, -0.2) is 0 Å². The van der Waals surface area contributed by atoms with Crippen molar-refractivity contribution in [3.63, 3.8) is 0 Å². The number of hydrogen-bond acceptors (Lipinski definition) is 2. The average molecular weight is 250 g/mol. The standard InChI is InChI=1S/C16H30N2/c1-18(15-5-3-2-4-6-15)12-11-17-16(13-7-8-13)14-9-10-14/h13-17H,2-12H2,1H3. The topological polar surface area (TPSA) is 15.3 Å². The smallest absolute Gasteiger partial charge is 0.0124 e. The summed E-state index contributed by atoms with van der Waals surface area (Å²) in [7, 11) is 2.33. The molecule has 3 fully saturated rings. The fourth-order valence-corrected chi connectivity index (χ4v) is 3.74. The van der Waals surface area contributed by atoms with Crippen LogP contribution in [0.15, 0.2) is 0 Å². The predicted molar refractivity (Wildman–Crippen MR) is 76.7 cm³/mol. The molecule has 18 heavy (non-hydrogen) atoms. The first-order valence-electron chi connectivity index (χ1n) is 8.28. The zero-order chi connectivity index (χ0) is 12.4. The summed E-state index contributed by atoms with van der Waals surface area (Å²) in [4.78, 5) is 2.61. The molecule has 3 aliphatic rings. The molecule has 0 heterocycles. The molecule has 0 aliphatic heterocycles. The van der Waals surface area contributed by atoms with Crippen molar-refractivity contribution < 1.29 is 0 Å². The van der Waals surface area contributed by atoms with Gasteiger partial charge in [-0.05, 0) is 57.4 Å². The van der Waals surface area contributed by atoms with Crippen molar-refractivity contribution in [1.82, 2.24) is 10.2 Å². The van der Waals surface area contributed by atoms with Crippen LogP contribution in [0, 0.1) is 11.8 Å². The molecule has 0 unspecified atom stereocenters. The molecule has 1 N–H and O–H groups in total. The molecule has 3 aliphatic carbocycles. The monoisotopic (exact) mass is 250 g/mol. The van der Waals surface area contributed by atoms with E-state index in [0.717, 1.165) is 23.9 Å². The fraction of sp³-hybridized carbons (Fsp3) is 1.00. The minimum atomic E-state index is 0.876. The lowest BCUT2D eigenvalue weighted by Crippen LogP contribution is -2.42. The number of rotatable bonds is 7. The van der Waals surface area contributed by atoms with Gasteiger partial charge in [-0.3, -0.25) is 0 Å². The summed E-state index contributed by atoms with van der Waals surface area (Å²) < 4.78 is 0. The Kier molecular flexibility index (Phi) is 4.25. The lowest BCUT2D eigenvalue weighted by Gasteiger charge is -2.31. The third-order valence-electron chi connectivity index (χ3n) is 5.30. The Hall–Kier alpha value is -0.0800. The molecule has 3 rings (SSSR count). The van der Waals surface area contributed by atoms with E-state index < -0.39 is 0 Å². The first-order chi connectivity index (χ1) is 8.84. The van der Waals surface area contributed by atoms with Crippen LogP contribution in [0.2, 0.25) is 0 Å². The van der Waals surface area contributed by atoms with Crippen LogP contribution in [0.5, 0.6) is 0 Å². The van der Waals surface area contributed by atoms with Crippen molar-refractivity contribution in [3.8, 4) is 0 Å². The number of likely N-dealkylation sites (N-methyl/N-ethyl adjacent to an activating group) is 1. The Morgan fingerprint density at radius 3 is 2.11 bits per heavy atom. The molecule has 2 heteroatoms. The predicted octanol–water partition coefficient (Wildman–Crippen LogP) is 3.03. The number of nitrogens with one attached hydrogen (secondary N) is 1. The van der Waals surface area contributed by atoms with E-state index >= 15 is 0 Å². The van der Waals surface area contributed by atoms with E-state index in [4.69, 9.17) is 0 Å². The van der Waals surface area contributed by atoms with Crippen molar-refractivity contribution in [2.24, 2.45) is 11.8 Å². The van der Waals surface area contributed by atoms with Crippen LogP contribution in [0.1, 0.15) is 57.8 Å². The van der Waals surface area contributed by atoms with Crippen molar-refractivity contribution in [3.05, 3.63) is 0 Å². The molecule has 0 saturated heterocycles. The van der Waals surface area contributed by atoms with Gasteiger partial charge >= 0.3 is 0 Å². The largest absolute Gasteiger partial charge is 0.312 e. The Balaban J connectivity index is 1.35. The quantitative estimate of drug-likeness (QED) is 0.747. The van der Waals surface area contributed by atoms with Crippen LogP contribution in [0.4, 0.5) is 0 Å². The van der Waals surface area contributed by atoms with E-state index in [0.29, 0.717) is 0 Å². The van der Waals surface area contributed by atoms with Crippen LogP contribution >= 0.6 is 0 Å². The molecule has 0 aromatic rings. The van der Waals surface area contributed by atoms with Gasteiger partial charge in [0.2, 0.25) is 0 Å². The highest BCUT2D eigenvalue weighted by Gasteiger charge is 2.40. The molecule has 0 amide bonds. The van der Waals surface area contributed by atoms with E-state index in [1.807, 2.05) is 0 Å². The molecule has 0 aromatic carbocycles. The number of hydrogen-bond donors (Lipinski definition) is 1. The summed E-state index contributed by atoms with van der Waals surface area (Å²) in [5.74, 6) is 2.08. The van der Waals surface area contributed by atoms with E-state index in [9.17, 15) is 0 Å². The minimum absolute atomic E-state index is 0.876. The van der Waals surface area contributed by atoms with Gasteiger partial charge in [-0.15, -0.1) is 0 Å². The zero-order valence-corrected chi connectivity index (χ0v) is 12.0. The third kappa shape index (κ3) is 3.48. The van der Waals surface area contributed by atoms with E-state index in [2.05, 4.69) is 17.3 Å². The first kappa shape index (κ1) is 12.9. The van der Waals surface area contributed by atoms with Gasteiger partial charge in [0.15, 0.2) is 0 Å². The SMILES string of the molecule is CN(CCNC(C1CC1)C1CC1)C1CCCCC1. The first-order valence-corrected chi connectivity index (χ1v) is 8.28. The summed E-state index contributed by atoms with van der Waals surface area (Å²) >= 11 is 0. The molecular formula is C16H30N2. The maximum atomic E-state index is 3.87. The van der Waals surface area contributed by atoms with Crippen molar-refractivity contribution in [2.45, 2.75) is 69.9 Å². The molecule has 104 valence electrons. The molecular weight excluding hydrogens is 220 g/mol. The second kappa shape index (κ2) is 5.92. The molecule has 0 bridgehead atoms. The van der Waals surface area contributed by atoms with Crippen LogP contribution in [0.25, 0.3) is 0 Å².